The Morgan fingerprint density at radius 2 is 1.74 bits per heavy atom. The number of amides is 3. The van der Waals surface area contributed by atoms with Crippen LogP contribution in [0.15, 0.2) is 68.4 Å². The molecule has 38 heavy (non-hydrogen) atoms. The number of nitrogens with one attached hydrogen (secondary N) is 1. The Labute approximate surface area is 249 Å². The first-order chi connectivity index (χ1) is 18.1. The lowest BCUT2D eigenvalue weighted by molar-refractivity contribution is -0.127. The van der Waals surface area contributed by atoms with Gasteiger partial charge in [-0.2, -0.15) is 0 Å². The summed E-state index contributed by atoms with van der Waals surface area (Å²) in [5, 5.41) is 3.05. The second-order valence-electron chi connectivity index (χ2n) is 7.89. The van der Waals surface area contributed by atoms with Crippen LogP contribution >= 0.6 is 66.8 Å². The number of thioether (sulfide) groups is 1. The minimum Gasteiger partial charge on any atom is -0.495 e. The quantitative estimate of drug-likeness (QED) is 0.242. The number of ether oxygens (including phenoxy) is 2. The zero-order chi connectivity index (χ0) is 27.4. The van der Waals surface area contributed by atoms with E-state index in [0.717, 1.165) is 22.2 Å². The lowest BCUT2D eigenvalue weighted by Crippen LogP contribution is -2.36. The van der Waals surface area contributed by atoms with E-state index in [1.54, 1.807) is 42.5 Å². The molecule has 7 nitrogen and oxygen atoms in total. The van der Waals surface area contributed by atoms with Gasteiger partial charge in [0.05, 0.1) is 26.0 Å². The lowest BCUT2D eigenvalue weighted by atomic mass is 10.2. The third kappa shape index (κ3) is 6.92. The monoisotopic (exact) mass is 698 g/mol. The molecule has 1 aliphatic rings. The number of carbonyl (C=O) groups excluding carboxylic acids is 3. The van der Waals surface area contributed by atoms with Crippen LogP contribution in [0, 0.1) is 0 Å². The summed E-state index contributed by atoms with van der Waals surface area (Å²) >= 11 is 19.8. The molecule has 3 aromatic rings. The topological polar surface area (TPSA) is 84.9 Å². The Morgan fingerprint density at radius 3 is 2.37 bits per heavy atom. The average molecular weight is 701 g/mol. The van der Waals surface area contributed by atoms with Crippen molar-refractivity contribution in [1.82, 2.24) is 4.90 Å². The molecule has 3 amide bonds. The van der Waals surface area contributed by atoms with E-state index in [0.29, 0.717) is 48.3 Å². The number of rotatable bonds is 8. The van der Waals surface area contributed by atoms with Crippen LogP contribution in [-0.2, 0) is 16.2 Å². The van der Waals surface area contributed by atoms with Crippen LogP contribution in [0.3, 0.4) is 0 Å². The summed E-state index contributed by atoms with van der Waals surface area (Å²) in [6.45, 7) is -0.103. The van der Waals surface area contributed by atoms with Crippen LogP contribution in [0.5, 0.6) is 11.5 Å². The number of methoxy groups -OCH3 is 1. The maximum absolute atomic E-state index is 12.9. The van der Waals surface area contributed by atoms with Crippen molar-refractivity contribution in [3.63, 3.8) is 0 Å². The molecule has 0 spiro atoms. The highest BCUT2D eigenvalue weighted by Crippen LogP contribution is 2.38. The minimum absolute atomic E-state index is 0.198. The van der Waals surface area contributed by atoms with Crippen molar-refractivity contribution in [3.8, 4) is 11.5 Å². The predicted molar refractivity (Wildman–Crippen MR) is 157 cm³/mol. The van der Waals surface area contributed by atoms with Crippen molar-refractivity contribution in [3.05, 3.63) is 89.6 Å². The molecule has 4 rings (SSSR count). The van der Waals surface area contributed by atoms with Crippen LogP contribution in [-0.4, -0.2) is 35.6 Å². The van der Waals surface area contributed by atoms with Gasteiger partial charge in [0.2, 0.25) is 5.91 Å². The Bertz CT molecular complexity index is 1430. The molecule has 1 aliphatic heterocycles. The van der Waals surface area contributed by atoms with Gasteiger partial charge < -0.3 is 14.8 Å². The molecule has 1 N–H and O–H groups in total. The molecule has 0 unspecified atom stereocenters. The molecule has 1 heterocycles. The van der Waals surface area contributed by atoms with E-state index in [-0.39, 0.29) is 4.91 Å². The minimum atomic E-state index is -0.557. The lowest BCUT2D eigenvalue weighted by Gasteiger charge is -2.13. The number of benzene rings is 3. The van der Waals surface area contributed by atoms with Gasteiger partial charge in [-0.1, -0.05) is 35.3 Å². The van der Waals surface area contributed by atoms with Crippen molar-refractivity contribution in [1.29, 1.82) is 0 Å². The van der Waals surface area contributed by atoms with E-state index in [1.807, 2.05) is 12.1 Å². The van der Waals surface area contributed by atoms with Crippen molar-refractivity contribution in [2.24, 2.45) is 0 Å². The fourth-order valence-electron chi connectivity index (χ4n) is 3.41. The van der Waals surface area contributed by atoms with Gasteiger partial charge >= 0.3 is 0 Å². The zero-order valence-corrected chi connectivity index (χ0v) is 25.1. The highest BCUT2D eigenvalue weighted by Gasteiger charge is 2.36. The number of anilines is 1. The predicted octanol–water partition coefficient (Wildman–Crippen LogP) is 7.78. The number of hydrogen-bond acceptors (Lipinski definition) is 6. The molecule has 196 valence electrons. The largest absolute Gasteiger partial charge is 0.495 e. The van der Waals surface area contributed by atoms with Gasteiger partial charge in [-0.05, 0) is 103 Å². The van der Waals surface area contributed by atoms with E-state index < -0.39 is 23.6 Å². The van der Waals surface area contributed by atoms with Crippen molar-refractivity contribution in [2.45, 2.75) is 6.61 Å². The number of carbonyl (C=O) groups is 3. The van der Waals surface area contributed by atoms with Gasteiger partial charge in [0.15, 0.2) is 0 Å². The summed E-state index contributed by atoms with van der Waals surface area (Å²) in [7, 11) is 1.48. The summed E-state index contributed by atoms with van der Waals surface area (Å²) in [5.74, 6) is -0.0543. The van der Waals surface area contributed by atoms with Crippen LogP contribution in [0.4, 0.5) is 10.5 Å². The molecule has 1 fully saturated rings. The SMILES string of the molecule is COc1ccc(NC(=O)CN2C(=O)S/C(=C/c3cc(Br)c(OCc4ccc(Cl)cc4)c(Br)c3)C2=O)cc1Cl. The van der Waals surface area contributed by atoms with Gasteiger partial charge in [0, 0.05) is 10.7 Å². The molecule has 0 atom stereocenters. The van der Waals surface area contributed by atoms with Gasteiger partial charge in [0.1, 0.15) is 24.7 Å². The van der Waals surface area contributed by atoms with Crippen molar-refractivity contribution < 1.29 is 23.9 Å². The van der Waals surface area contributed by atoms with E-state index in [4.69, 9.17) is 32.7 Å². The summed E-state index contributed by atoms with van der Waals surface area (Å²) < 4.78 is 12.3. The number of imide groups is 1. The Kier molecular flexibility index (Phi) is 9.43. The smallest absolute Gasteiger partial charge is 0.294 e. The first-order valence-corrected chi connectivity index (χ1v) is 14.1. The molecule has 1 saturated heterocycles. The second kappa shape index (κ2) is 12.6. The second-order valence-corrected chi connectivity index (χ2v) is 11.4. The maximum atomic E-state index is 12.9. The molecular weight excluding hydrogens is 683 g/mol. The van der Waals surface area contributed by atoms with Gasteiger partial charge in [-0.25, -0.2) is 0 Å². The van der Waals surface area contributed by atoms with Gasteiger partial charge in [-0.3, -0.25) is 19.3 Å². The van der Waals surface area contributed by atoms with Gasteiger partial charge in [-0.15, -0.1) is 0 Å². The average Bonchev–Trinajstić information content (AvgIpc) is 3.12. The molecule has 0 aromatic heterocycles. The van der Waals surface area contributed by atoms with Crippen LogP contribution < -0.4 is 14.8 Å². The molecule has 0 saturated carbocycles. The number of halogens is 4. The summed E-state index contributed by atoms with van der Waals surface area (Å²) in [4.78, 5) is 39.0. The molecule has 0 aliphatic carbocycles. The van der Waals surface area contributed by atoms with Crippen LogP contribution in [0.1, 0.15) is 11.1 Å². The van der Waals surface area contributed by atoms with Crippen LogP contribution in [0.25, 0.3) is 6.08 Å². The fraction of sp³-hybridized carbons (Fsp3) is 0.115. The molecule has 12 heteroatoms. The zero-order valence-electron chi connectivity index (χ0n) is 19.6. The number of nitrogens with zero attached hydrogens (tertiary/aromatic N) is 1. The highest BCUT2D eigenvalue weighted by molar-refractivity contribution is 9.11. The first-order valence-electron chi connectivity index (χ1n) is 10.9. The Balaban J connectivity index is 1.42. The summed E-state index contributed by atoms with van der Waals surface area (Å²) in [5.41, 5.74) is 2.02. The van der Waals surface area contributed by atoms with Crippen LogP contribution in [0.2, 0.25) is 10.0 Å². The normalized spacial score (nSPS) is 14.2. The summed E-state index contributed by atoms with van der Waals surface area (Å²) in [6, 6.07) is 15.6. The van der Waals surface area contributed by atoms with E-state index in [1.165, 1.54) is 13.2 Å². The molecule has 0 bridgehead atoms. The highest BCUT2D eigenvalue weighted by atomic mass is 79.9. The Hall–Kier alpha value is -2.50. The maximum Gasteiger partial charge on any atom is 0.294 e. The van der Waals surface area contributed by atoms with Crippen molar-refractivity contribution >= 4 is 95.6 Å². The molecular formula is C26H18Br2Cl2N2O5S. The van der Waals surface area contributed by atoms with E-state index >= 15 is 0 Å². The fourth-order valence-corrected chi connectivity index (χ4v) is 6.09. The standard InChI is InChI=1S/C26H18Br2Cl2N2O5S/c1-36-21-7-6-17(11-20(21)30)31-23(33)12-32-25(34)22(38-26(32)35)10-15-8-18(27)24(19(28)9-15)37-13-14-2-4-16(29)5-3-14/h2-11H,12-13H2,1H3,(H,31,33)/b22-10+. The molecule has 3 aromatic carbocycles. The molecule has 0 radical (unpaired) electrons. The third-order valence-electron chi connectivity index (χ3n) is 5.23. The third-order valence-corrected chi connectivity index (χ3v) is 7.86. The Morgan fingerprint density at radius 1 is 1.05 bits per heavy atom. The number of hydrogen-bond donors (Lipinski definition) is 1. The van der Waals surface area contributed by atoms with E-state index in [2.05, 4.69) is 37.2 Å². The first kappa shape index (κ1) is 28.5. The van der Waals surface area contributed by atoms with Gasteiger partial charge in [0.25, 0.3) is 11.1 Å². The van der Waals surface area contributed by atoms with E-state index in [9.17, 15) is 14.4 Å². The van der Waals surface area contributed by atoms with Crippen molar-refractivity contribution in [2.75, 3.05) is 19.0 Å². The summed E-state index contributed by atoms with van der Waals surface area (Å²) in [6.07, 6.45) is 1.59.